The minimum atomic E-state index is -0.939. The fourth-order valence-electron chi connectivity index (χ4n) is 1.45. The number of rotatable bonds is 4. The molecule has 2 aromatic rings. The zero-order valence-corrected chi connectivity index (χ0v) is 9.65. The maximum Gasteiger partial charge on any atom is 0.305 e. The molecule has 0 saturated carbocycles. The molecular formula is C10H11N5O3. The quantitative estimate of drug-likeness (QED) is 0.796. The van der Waals surface area contributed by atoms with Crippen molar-refractivity contribution in [1.29, 1.82) is 0 Å². The number of pyridine rings is 1. The lowest BCUT2D eigenvalue weighted by Gasteiger charge is -2.15. The maximum atomic E-state index is 12.0. The van der Waals surface area contributed by atoms with Crippen LogP contribution in [0.1, 0.15) is 16.8 Å². The van der Waals surface area contributed by atoms with Crippen LogP contribution in [0.5, 0.6) is 0 Å². The van der Waals surface area contributed by atoms with Gasteiger partial charge < -0.3 is 10.0 Å². The fraction of sp³-hybridized carbons (Fsp3) is 0.300. The molecule has 94 valence electrons. The van der Waals surface area contributed by atoms with Crippen molar-refractivity contribution in [3.8, 4) is 0 Å². The van der Waals surface area contributed by atoms with Crippen molar-refractivity contribution in [2.75, 3.05) is 13.6 Å². The standard InChI is InChI=1S/C10H11N5O3/c1-14(5-4-9(16)17)10(18)7-2-3-8-11-12-13-15(8)6-7/h2-3,6H,4-5H2,1H3,(H,16,17). The van der Waals surface area contributed by atoms with Crippen LogP contribution in [-0.2, 0) is 4.79 Å². The molecule has 0 aliphatic rings. The molecule has 0 unspecified atom stereocenters. The molecule has 0 saturated heterocycles. The molecule has 2 rings (SSSR count). The predicted octanol–water partition coefficient (Wildman–Crippen LogP) is -0.329. The second kappa shape index (κ2) is 4.78. The molecule has 0 radical (unpaired) electrons. The Kier molecular flexibility index (Phi) is 3.18. The van der Waals surface area contributed by atoms with Crippen molar-refractivity contribution < 1.29 is 14.7 Å². The number of carbonyl (C=O) groups is 2. The van der Waals surface area contributed by atoms with Gasteiger partial charge in [-0.05, 0) is 22.6 Å². The second-order valence-corrected chi connectivity index (χ2v) is 3.77. The van der Waals surface area contributed by atoms with E-state index in [0.717, 1.165) is 0 Å². The van der Waals surface area contributed by atoms with E-state index in [1.54, 1.807) is 19.2 Å². The van der Waals surface area contributed by atoms with Crippen molar-refractivity contribution in [2.24, 2.45) is 0 Å². The van der Waals surface area contributed by atoms with Crippen molar-refractivity contribution in [3.63, 3.8) is 0 Å². The molecule has 2 heterocycles. The molecule has 0 aliphatic carbocycles. The second-order valence-electron chi connectivity index (χ2n) is 3.77. The Morgan fingerprint density at radius 1 is 1.44 bits per heavy atom. The molecule has 0 bridgehead atoms. The number of fused-ring (bicyclic) bond motifs is 1. The highest BCUT2D eigenvalue weighted by atomic mass is 16.4. The number of carboxylic acid groups (broad SMARTS) is 1. The van der Waals surface area contributed by atoms with E-state index < -0.39 is 5.97 Å². The Morgan fingerprint density at radius 3 is 2.94 bits per heavy atom. The van der Waals surface area contributed by atoms with Crippen LogP contribution >= 0.6 is 0 Å². The largest absolute Gasteiger partial charge is 0.481 e. The van der Waals surface area contributed by atoms with Crippen LogP contribution in [0.15, 0.2) is 18.3 Å². The molecule has 1 amide bonds. The van der Waals surface area contributed by atoms with Crippen LogP contribution < -0.4 is 0 Å². The van der Waals surface area contributed by atoms with Crippen LogP contribution in [0.3, 0.4) is 0 Å². The van der Waals surface area contributed by atoms with Gasteiger partial charge in [-0.15, -0.1) is 5.10 Å². The summed E-state index contributed by atoms with van der Waals surface area (Å²) in [5.74, 6) is -1.21. The SMILES string of the molecule is CN(CCC(=O)O)C(=O)c1ccc2nnnn2c1. The molecule has 0 atom stereocenters. The summed E-state index contributed by atoms with van der Waals surface area (Å²) in [7, 11) is 1.55. The first-order chi connectivity index (χ1) is 8.58. The van der Waals surface area contributed by atoms with Crippen LogP contribution in [0.4, 0.5) is 0 Å². The molecule has 2 aromatic heterocycles. The average Bonchev–Trinajstić information content (AvgIpc) is 2.81. The van der Waals surface area contributed by atoms with Crippen molar-refractivity contribution in [1.82, 2.24) is 24.9 Å². The first-order valence-corrected chi connectivity index (χ1v) is 5.23. The van der Waals surface area contributed by atoms with E-state index >= 15 is 0 Å². The number of nitrogens with zero attached hydrogens (tertiary/aromatic N) is 5. The Labute approximate surface area is 102 Å². The topological polar surface area (TPSA) is 101 Å². The molecule has 18 heavy (non-hydrogen) atoms. The first-order valence-electron chi connectivity index (χ1n) is 5.23. The summed E-state index contributed by atoms with van der Waals surface area (Å²) in [5, 5.41) is 19.4. The minimum absolute atomic E-state index is 0.0879. The lowest BCUT2D eigenvalue weighted by Crippen LogP contribution is -2.29. The third-order valence-electron chi connectivity index (χ3n) is 2.45. The van der Waals surface area contributed by atoms with Gasteiger partial charge in [0.25, 0.3) is 5.91 Å². The van der Waals surface area contributed by atoms with Gasteiger partial charge in [-0.25, -0.2) is 0 Å². The fourth-order valence-corrected chi connectivity index (χ4v) is 1.45. The summed E-state index contributed by atoms with van der Waals surface area (Å²) < 4.78 is 1.39. The summed E-state index contributed by atoms with van der Waals surface area (Å²) in [6.45, 7) is 0.155. The third kappa shape index (κ3) is 2.42. The Bertz CT molecular complexity index is 594. The average molecular weight is 249 g/mol. The normalized spacial score (nSPS) is 10.5. The number of aromatic nitrogens is 4. The molecule has 0 fully saturated rings. The summed E-state index contributed by atoms with van der Waals surface area (Å²) in [6.07, 6.45) is 1.42. The summed E-state index contributed by atoms with van der Waals surface area (Å²) in [5.41, 5.74) is 0.947. The van der Waals surface area contributed by atoms with E-state index in [0.29, 0.717) is 11.2 Å². The number of hydrogen-bond acceptors (Lipinski definition) is 5. The zero-order chi connectivity index (χ0) is 13.1. The third-order valence-corrected chi connectivity index (χ3v) is 2.45. The number of tetrazole rings is 1. The number of aliphatic carboxylic acids is 1. The van der Waals surface area contributed by atoms with E-state index in [1.807, 2.05) is 0 Å². The van der Waals surface area contributed by atoms with Crippen LogP contribution in [0.25, 0.3) is 5.65 Å². The van der Waals surface area contributed by atoms with Gasteiger partial charge in [0.05, 0.1) is 12.0 Å². The number of carbonyl (C=O) groups excluding carboxylic acids is 1. The van der Waals surface area contributed by atoms with E-state index in [2.05, 4.69) is 15.5 Å². The Balaban J connectivity index is 2.14. The lowest BCUT2D eigenvalue weighted by molar-refractivity contribution is -0.137. The van der Waals surface area contributed by atoms with Gasteiger partial charge in [0.2, 0.25) is 0 Å². The molecule has 8 heteroatoms. The van der Waals surface area contributed by atoms with Crippen molar-refractivity contribution >= 4 is 17.5 Å². The number of hydrogen-bond donors (Lipinski definition) is 1. The Morgan fingerprint density at radius 2 is 2.22 bits per heavy atom. The van der Waals surface area contributed by atoms with Crippen LogP contribution in [-0.4, -0.2) is 55.5 Å². The number of amides is 1. The van der Waals surface area contributed by atoms with Gasteiger partial charge in [-0.3, -0.25) is 9.59 Å². The predicted molar refractivity (Wildman–Crippen MR) is 60.0 cm³/mol. The van der Waals surface area contributed by atoms with Gasteiger partial charge in [0.1, 0.15) is 0 Å². The van der Waals surface area contributed by atoms with Gasteiger partial charge in [-0.2, -0.15) is 4.52 Å². The highest BCUT2D eigenvalue weighted by Gasteiger charge is 2.13. The molecule has 1 N–H and O–H groups in total. The zero-order valence-electron chi connectivity index (χ0n) is 9.65. The van der Waals surface area contributed by atoms with Gasteiger partial charge in [0, 0.05) is 19.8 Å². The van der Waals surface area contributed by atoms with E-state index in [9.17, 15) is 9.59 Å². The molecule has 0 spiro atoms. The van der Waals surface area contributed by atoms with E-state index in [-0.39, 0.29) is 18.9 Å². The van der Waals surface area contributed by atoms with Gasteiger partial charge >= 0.3 is 5.97 Å². The van der Waals surface area contributed by atoms with Crippen LogP contribution in [0, 0.1) is 0 Å². The first kappa shape index (κ1) is 12.0. The number of carboxylic acids is 1. The van der Waals surface area contributed by atoms with Crippen molar-refractivity contribution in [3.05, 3.63) is 23.9 Å². The summed E-state index contributed by atoms with van der Waals surface area (Å²) in [6, 6.07) is 3.23. The minimum Gasteiger partial charge on any atom is -0.481 e. The maximum absolute atomic E-state index is 12.0. The lowest BCUT2D eigenvalue weighted by atomic mass is 10.2. The molecule has 0 aromatic carbocycles. The smallest absolute Gasteiger partial charge is 0.305 e. The van der Waals surface area contributed by atoms with Crippen LogP contribution in [0.2, 0.25) is 0 Å². The summed E-state index contributed by atoms with van der Waals surface area (Å²) >= 11 is 0. The monoisotopic (exact) mass is 249 g/mol. The van der Waals surface area contributed by atoms with Crippen molar-refractivity contribution in [2.45, 2.75) is 6.42 Å². The molecular weight excluding hydrogens is 238 g/mol. The molecule has 8 nitrogen and oxygen atoms in total. The van der Waals surface area contributed by atoms with E-state index in [4.69, 9.17) is 5.11 Å². The molecule has 0 aliphatic heterocycles. The summed E-state index contributed by atoms with van der Waals surface area (Å²) in [4.78, 5) is 23.8. The van der Waals surface area contributed by atoms with Gasteiger partial charge in [-0.1, -0.05) is 0 Å². The highest BCUT2D eigenvalue weighted by Crippen LogP contribution is 2.05. The van der Waals surface area contributed by atoms with Gasteiger partial charge in [0.15, 0.2) is 5.65 Å². The van der Waals surface area contributed by atoms with E-state index in [1.165, 1.54) is 15.6 Å². The Hall–Kier alpha value is -2.51. The highest BCUT2D eigenvalue weighted by molar-refractivity contribution is 5.94.